The Bertz CT molecular complexity index is 4840. The molecule has 11 rings (SSSR count). The molecule has 35 nitrogen and oxygen atoms in total. The van der Waals surface area contributed by atoms with Crippen LogP contribution in [-0.4, -0.2) is 280 Å². The molecule has 0 radical (unpaired) electrons. The van der Waals surface area contributed by atoms with Crippen LogP contribution >= 0.6 is 0 Å². The zero-order valence-corrected chi connectivity index (χ0v) is 77.0. The van der Waals surface area contributed by atoms with E-state index in [-0.39, 0.29) is 80.5 Å². The van der Waals surface area contributed by atoms with Crippen molar-refractivity contribution >= 4 is 86.7 Å². The molecule has 5 aliphatic rings. The lowest BCUT2D eigenvalue weighted by Gasteiger charge is -2.42. The van der Waals surface area contributed by atoms with E-state index in [4.69, 9.17) is 58.2 Å². The summed E-state index contributed by atoms with van der Waals surface area (Å²) < 4.78 is 60.7. The monoisotopic (exact) mass is 1800 g/mol. The number of hydrogen-bond acceptors (Lipinski definition) is 31. The molecule has 0 aromatic carbocycles. The van der Waals surface area contributed by atoms with Crippen LogP contribution < -0.4 is 20.9 Å². The van der Waals surface area contributed by atoms with Crippen LogP contribution in [0.2, 0.25) is 0 Å². The Labute approximate surface area is 760 Å². The lowest BCUT2D eigenvalue weighted by molar-refractivity contribution is -0.265. The summed E-state index contributed by atoms with van der Waals surface area (Å²) in [6.45, 7) is 18.6. The number of fused-ring (bicyclic) bond motifs is 5. The number of nitrogens with one attached hydrogen (secondary N) is 2. The molecule has 15 atom stereocenters. The SMILES string of the molecule is CO[C@H]1C[C@@H]2CC[C@@H](C)[C@@](O)(O2)C(=O)C(=O)N2CCCC[C@H]2C(=O)O[C@H]([C@H](C)C[C@@H]2CC[C@@H](OC(=O)CCc3cnc(N4CCN(c5ncc(C(=O)NCCOCCOCCOCCOCCC(=O)CCCCCn6nc(-c7cnc8[nH]ccc8c7)c7c(N)ncnc76)cn5)CC4)nc3)[C@H](OC)C2)CC(=O)[C@H](C)/C=C(\C)[C@@H](O)[C@@H](OC)C(=O)[C@H](C)C[C@H](C)/C=C/C=C/C=C/1C. The predicted molar refractivity (Wildman–Crippen MR) is 484 cm³/mol. The molecule has 2 bridgehead atoms. The number of anilines is 3. The number of H-pyrrole nitrogens is 1. The Morgan fingerprint density at radius 3 is 2.12 bits per heavy atom. The maximum atomic E-state index is 14.8. The van der Waals surface area contributed by atoms with Gasteiger partial charge in [0.05, 0.1) is 82.1 Å². The molecule has 1 aliphatic carbocycles. The van der Waals surface area contributed by atoms with Gasteiger partial charge in [-0.05, 0) is 144 Å². The minimum Gasteiger partial charge on any atom is -0.460 e. The van der Waals surface area contributed by atoms with Gasteiger partial charge in [-0.2, -0.15) is 5.10 Å². The smallest absolute Gasteiger partial charge is 0.329 e. The molecule has 6 aromatic rings. The molecule has 2 amide bonds. The summed E-state index contributed by atoms with van der Waals surface area (Å²) in [5, 5.41) is 33.2. The zero-order valence-electron chi connectivity index (χ0n) is 77.0. The number of piperazine rings is 1. The topological polar surface area (TPSA) is 441 Å². The van der Waals surface area contributed by atoms with E-state index in [0.717, 1.165) is 47.0 Å². The second-order valence-corrected chi connectivity index (χ2v) is 35.2. The molecule has 10 heterocycles. The summed E-state index contributed by atoms with van der Waals surface area (Å²) in [5.74, 6) is -7.89. The number of ether oxygens (including phenoxy) is 10. The number of nitrogens with zero attached hydrogens (tertiary/aromatic N) is 12. The molecule has 0 unspecified atom stereocenters. The van der Waals surface area contributed by atoms with Crippen molar-refractivity contribution in [1.29, 1.82) is 0 Å². The van der Waals surface area contributed by atoms with Crippen molar-refractivity contribution in [1.82, 2.24) is 59.9 Å². The van der Waals surface area contributed by atoms with Gasteiger partial charge in [-0.3, -0.25) is 33.6 Å². The number of aromatic nitrogens is 10. The fraction of sp³-hybridized carbons (Fsp3) is 0.621. The van der Waals surface area contributed by atoms with Crippen LogP contribution in [0.5, 0.6) is 0 Å². The number of rotatable bonds is 35. The Morgan fingerprint density at radius 2 is 1.42 bits per heavy atom. The van der Waals surface area contributed by atoms with Gasteiger partial charge in [-0.15, -0.1) is 0 Å². The number of aliphatic hydroxyl groups is 2. The third-order valence-electron chi connectivity index (χ3n) is 25.5. The Hall–Kier alpha value is -10.1. The van der Waals surface area contributed by atoms with Gasteiger partial charge in [0.1, 0.15) is 65.5 Å². The van der Waals surface area contributed by atoms with E-state index in [0.29, 0.717) is 202 Å². The van der Waals surface area contributed by atoms with Crippen LogP contribution in [0.15, 0.2) is 103 Å². The number of esters is 2. The molecule has 0 spiro atoms. The molecule has 3 saturated heterocycles. The van der Waals surface area contributed by atoms with E-state index in [1.165, 1.54) is 30.7 Å². The standard InChI is InChI=1S/C95H133N15O20/c1-60-19-13-11-14-20-61(2)77(121-8)52-73-26-23-66(7)95(120,130-73)86(116)91(118)109-33-18-16-22-74(109)92(119)129-78(53-75(112)62(3)48-65(6)84(115)85(123-10)83(114)64(5)47-60)63(4)49-67-24-27-76(79(50-67)122-9)128-80(113)28-25-68-54-100-93(101-55-68)107-35-37-108(38-36-107)94-102-57-71(58-103-94)90(117)98-32-40-125-42-44-127-46-45-126-43-41-124-39-30-72(111)21-15-12-17-34-110-89-81(87(96)104-59-105-89)82(106-110)70-51-69-29-31-97-88(69)99-56-70/h11,13-14,19-20,29,31,48,51,54-60,62-64,66-67,73-74,76-79,84-85,115,120H,12,15-18,21-28,30,32-47,49-50,52-53H2,1-10H3,(H,97,99)(H,98,117)(H2,96,104,105)/b14-11+,19-13+,61-20+,65-48+/t60-,62-,63-,64-,66-,67+,73+,74+,76-,77+,78+,79-,84-,85+,95-/m1/s1. The van der Waals surface area contributed by atoms with Gasteiger partial charge >= 0.3 is 11.9 Å². The van der Waals surface area contributed by atoms with Crippen LogP contribution in [0, 0.1) is 35.5 Å². The first-order valence-corrected chi connectivity index (χ1v) is 46.1. The van der Waals surface area contributed by atoms with Crippen molar-refractivity contribution in [3.05, 3.63) is 114 Å². The summed E-state index contributed by atoms with van der Waals surface area (Å²) in [6, 6.07) is 2.75. The Kier molecular flexibility index (Phi) is 38.6. The predicted octanol–water partition coefficient (Wildman–Crippen LogP) is 9.55. The number of nitrogens with two attached hydrogens (primary N) is 1. The van der Waals surface area contributed by atoms with Crippen LogP contribution in [0.3, 0.4) is 0 Å². The number of ketones is 4. The van der Waals surface area contributed by atoms with Gasteiger partial charge in [0.25, 0.3) is 17.6 Å². The number of methoxy groups -OCH3 is 3. The largest absolute Gasteiger partial charge is 0.460 e. The average Bonchev–Trinajstić information content (AvgIpc) is 1.56. The van der Waals surface area contributed by atoms with E-state index >= 15 is 0 Å². The number of aliphatic hydroxyl groups excluding tert-OH is 1. The van der Waals surface area contributed by atoms with E-state index in [1.54, 1.807) is 66.6 Å². The summed E-state index contributed by atoms with van der Waals surface area (Å²) >= 11 is 0. The minimum atomic E-state index is -2.49. The van der Waals surface area contributed by atoms with Crippen molar-refractivity contribution in [3.8, 4) is 11.3 Å². The van der Waals surface area contributed by atoms with Crippen LogP contribution in [0.4, 0.5) is 17.7 Å². The average molecular weight is 1810 g/mol. The molecule has 4 aliphatic heterocycles. The van der Waals surface area contributed by atoms with Gasteiger partial charge in [-0.1, -0.05) is 77.5 Å². The van der Waals surface area contributed by atoms with Gasteiger partial charge < -0.3 is 88.3 Å². The molecule has 1 saturated carbocycles. The number of carbonyl (C=O) groups excluding carboxylic acids is 8. The quantitative estimate of drug-likeness (QED) is 0.0107. The van der Waals surface area contributed by atoms with Crippen LogP contribution in [0.25, 0.3) is 33.3 Å². The normalized spacial score (nSPS) is 26.8. The number of cyclic esters (lactones) is 1. The molecular formula is C95H133N15O20. The Balaban J connectivity index is 0.561. The van der Waals surface area contributed by atoms with Crippen molar-refractivity contribution in [2.24, 2.45) is 35.5 Å². The van der Waals surface area contributed by atoms with Crippen molar-refractivity contribution in [2.75, 3.05) is 129 Å². The highest BCUT2D eigenvalue weighted by molar-refractivity contribution is 6.39. The number of carbonyl (C=O) groups is 8. The number of aromatic amines is 1. The van der Waals surface area contributed by atoms with Crippen molar-refractivity contribution in [3.63, 3.8) is 0 Å². The van der Waals surface area contributed by atoms with Gasteiger partial charge in [-0.25, -0.2) is 44.4 Å². The summed E-state index contributed by atoms with van der Waals surface area (Å²) in [7, 11) is 4.51. The molecular weight excluding hydrogens is 1670 g/mol. The van der Waals surface area contributed by atoms with Crippen LogP contribution in [-0.2, 0) is 93.9 Å². The molecule has 6 N–H and O–H groups in total. The number of amides is 2. The third kappa shape index (κ3) is 28.0. The highest BCUT2D eigenvalue weighted by atomic mass is 16.6. The summed E-state index contributed by atoms with van der Waals surface area (Å²) in [6.07, 6.45) is 25.1. The van der Waals surface area contributed by atoms with Gasteiger partial charge in [0, 0.05) is 165 Å². The summed E-state index contributed by atoms with van der Waals surface area (Å²) in [5.41, 5.74) is 11.5. The number of hydrogen-bond donors (Lipinski definition) is 5. The Morgan fingerprint density at radius 1 is 0.715 bits per heavy atom. The fourth-order valence-electron chi connectivity index (χ4n) is 17.7. The molecule has 130 heavy (non-hydrogen) atoms. The number of nitrogen functional groups attached to an aromatic ring is 1. The fourth-order valence-corrected chi connectivity index (χ4v) is 17.7. The lowest BCUT2D eigenvalue weighted by atomic mass is 9.78. The van der Waals surface area contributed by atoms with Crippen molar-refractivity contribution in [2.45, 2.75) is 232 Å². The number of aryl methyl sites for hydroxylation is 2. The second kappa shape index (κ2) is 50.0. The molecule has 4 fully saturated rings. The van der Waals surface area contributed by atoms with Crippen molar-refractivity contribution < 1.29 is 95.9 Å². The van der Waals surface area contributed by atoms with Gasteiger partial charge in [0.2, 0.25) is 17.7 Å². The first kappa shape index (κ1) is 100. The van der Waals surface area contributed by atoms with E-state index < -0.39 is 102 Å². The maximum absolute atomic E-state index is 14.8. The highest BCUT2D eigenvalue weighted by Crippen LogP contribution is 2.40. The minimum absolute atomic E-state index is 0.0227. The first-order chi connectivity index (χ1) is 62.7. The van der Waals surface area contributed by atoms with Crippen LogP contribution in [0.1, 0.15) is 180 Å². The summed E-state index contributed by atoms with van der Waals surface area (Å²) in [4.78, 5) is 151. The second-order valence-electron chi connectivity index (χ2n) is 35.2. The zero-order chi connectivity index (χ0) is 92.8. The number of pyridine rings is 1. The number of unbranched alkanes of at least 4 members (excludes halogenated alkanes) is 2. The molecule has 6 aromatic heterocycles. The third-order valence-corrected chi connectivity index (χ3v) is 25.5. The lowest BCUT2D eigenvalue weighted by Crippen LogP contribution is -2.61. The number of allylic oxidation sites excluding steroid dienone is 6. The van der Waals surface area contributed by atoms with E-state index in [1.807, 2.05) is 79.1 Å². The first-order valence-electron chi connectivity index (χ1n) is 46.1. The van der Waals surface area contributed by atoms with E-state index in [2.05, 4.69) is 50.1 Å². The molecule has 708 valence electrons. The maximum Gasteiger partial charge on any atom is 0.329 e. The van der Waals surface area contributed by atoms with Gasteiger partial charge in [0.15, 0.2) is 11.4 Å². The number of Topliss-reactive ketones (excluding diaryl/α,β-unsaturated/α-hetero) is 4. The highest BCUT2D eigenvalue weighted by Gasteiger charge is 2.53. The molecule has 35 heteroatoms. The number of piperidine rings is 1. The van der Waals surface area contributed by atoms with E-state index in [9.17, 15) is 48.6 Å².